The number of nitrogens with zero attached hydrogens (tertiary/aromatic N) is 2. The third-order valence-electron chi connectivity index (χ3n) is 3.97. The van der Waals surface area contributed by atoms with E-state index in [2.05, 4.69) is 22.9 Å². The Morgan fingerprint density at radius 2 is 2.11 bits per heavy atom. The molecule has 0 N–H and O–H groups in total. The van der Waals surface area contributed by atoms with Gasteiger partial charge in [0.1, 0.15) is 5.75 Å². The molecule has 0 saturated carbocycles. The fourth-order valence-electron chi connectivity index (χ4n) is 2.76. The van der Waals surface area contributed by atoms with E-state index < -0.39 is 0 Å². The van der Waals surface area contributed by atoms with Crippen LogP contribution in [0, 0.1) is 0 Å². The summed E-state index contributed by atoms with van der Waals surface area (Å²) in [5, 5.41) is 0. The summed E-state index contributed by atoms with van der Waals surface area (Å²) >= 11 is 0. The van der Waals surface area contributed by atoms with Crippen molar-refractivity contribution in [2.24, 2.45) is 0 Å². The highest BCUT2D eigenvalue weighted by Crippen LogP contribution is 2.29. The van der Waals surface area contributed by atoms with Gasteiger partial charge < -0.3 is 9.47 Å². The third-order valence-corrected chi connectivity index (χ3v) is 3.97. The van der Waals surface area contributed by atoms with Crippen LogP contribution >= 0.6 is 0 Å². The zero-order valence-electron chi connectivity index (χ0n) is 12.1. The zero-order chi connectivity index (χ0) is 13.7. The molecule has 4 nitrogen and oxygen atoms in total. The molecular weight excluding hydrogens is 240 g/mol. The molecule has 1 aromatic heterocycles. The molecule has 0 aromatic carbocycles. The van der Waals surface area contributed by atoms with Crippen LogP contribution in [0.1, 0.15) is 31.4 Å². The van der Waals surface area contributed by atoms with Gasteiger partial charge in [-0.15, -0.1) is 0 Å². The van der Waals surface area contributed by atoms with Crippen LogP contribution in [0.2, 0.25) is 0 Å². The number of aromatic nitrogens is 1. The lowest BCUT2D eigenvalue weighted by atomic mass is 9.92. The van der Waals surface area contributed by atoms with Crippen LogP contribution in [0.5, 0.6) is 5.75 Å². The monoisotopic (exact) mass is 264 g/mol. The number of piperidine rings is 1. The number of hydrogen-bond donors (Lipinski definition) is 0. The van der Waals surface area contributed by atoms with Crippen LogP contribution in [-0.4, -0.2) is 49.8 Å². The van der Waals surface area contributed by atoms with E-state index in [1.807, 2.05) is 12.3 Å². The molecule has 2 heterocycles. The van der Waals surface area contributed by atoms with E-state index in [0.717, 1.165) is 38.3 Å². The van der Waals surface area contributed by atoms with Crippen LogP contribution in [0.25, 0.3) is 0 Å². The Hall–Kier alpha value is -1.13. The minimum absolute atomic E-state index is 0.504. The van der Waals surface area contributed by atoms with Crippen LogP contribution < -0.4 is 4.74 Å². The minimum Gasteiger partial charge on any atom is -0.497 e. The average molecular weight is 264 g/mol. The predicted octanol–water partition coefficient (Wildman–Crippen LogP) is 2.30. The summed E-state index contributed by atoms with van der Waals surface area (Å²) in [6.07, 6.45) is 4.16. The fraction of sp³-hybridized carbons (Fsp3) is 0.667. The molecule has 0 amide bonds. The van der Waals surface area contributed by atoms with Gasteiger partial charge >= 0.3 is 0 Å². The number of ether oxygens (including phenoxy) is 2. The molecule has 1 fully saturated rings. The lowest BCUT2D eigenvalue weighted by Gasteiger charge is -2.35. The quantitative estimate of drug-likeness (QED) is 0.817. The first-order chi connectivity index (χ1) is 9.24. The van der Waals surface area contributed by atoms with Crippen molar-refractivity contribution in [2.75, 3.05) is 33.9 Å². The first-order valence-electron chi connectivity index (χ1n) is 6.97. The Labute approximate surface area is 115 Å². The highest BCUT2D eigenvalue weighted by molar-refractivity contribution is 5.25. The van der Waals surface area contributed by atoms with E-state index >= 15 is 0 Å². The topological polar surface area (TPSA) is 34.6 Å². The van der Waals surface area contributed by atoms with Crippen molar-refractivity contribution in [1.29, 1.82) is 0 Å². The lowest BCUT2D eigenvalue weighted by molar-refractivity contribution is 0.0816. The second-order valence-corrected chi connectivity index (χ2v) is 5.24. The Balaban J connectivity index is 1.92. The van der Waals surface area contributed by atoms with Gasteiger partial charge in [-0.1, -0.05) is 0 Å². The maximum Gasteiger partial charge on any atom is 0.122 e. The van der Waals surface area contributed by atoms with Gasteiger partial charge in [0.05, 0.1) is 13.7 Å². The van der Waals surface area contributed by atoms with E-state index in [0.29, 0.717) is 12.0 Å². The van der Waals surface area contributed by atoms with E-state index in [1.54, 1.807) is 14.2 Å². The first kappa shape index (κ1) is 14.3. The van der Waals surface area contributed by atoms with Crippen LogP contribution in [0.3, 0.4) is 0 Å². The summed E-state index contributed by atoms with van der Waals surface area (Å²) in [4.78, 5) is 6.99. The molecule has 0 bridgehead atoms. The summed E-state index contributed by atoms with van der Waals surface area (Å²) in [6, 6.07) is 4.47. The molecule has 0 spiro atoms. The number of likely N-dealkylation sites (tertiary alicyclic amines) is 1. The third kappa shape index (κ3) is 3.67. The van der Waals surface area contributed by atoms with Crippen LogP contribution in [-0.2, 0) is 4.74 Å². The highest BCUT2D eigenvalue weighted by Gasteiger charge is 2.24. The van der Waals surface area contributed by atoms with Gasteiger partial charge in [0.25, 0.3) is 0 Å². The molecule has 2 rings (SSSR count). The summed E-state index contributed by atoms with van der Waals surface area (Å²) in [5.74, 6) is 1.46. The van der Waals surface area contributed by atoms with Crippen LogP contribution in [0.4, 0.5) is 0 Å². The van der Waals surface area contributed by atoms with Gasteiger partial charge in [0.15, 0.2) is 0 Å². The van der Waals surface area contributed by atoms with Gasteiger partial charge in [-0.05, 0) is 38.9 Å². The van der Waals surface area contributed by atoms with E-state index in [-0.39, 0.29) is 0 Å². The smallest absolute Gasteiger partial charge is 0.122 e. The standard InChI is InChI=1S/C15H24N2O2/c1-12(11-18-2)17-8-5-13(6-9-17)15-10-14(19-3)4-7-16-15/h4,7,10,12-13H,5-6,8-9,11H2,1-3H3. The van der Waals surface area contributed by atoms with Crippen molar-refractivity contribution in [3.05, 3.63) is 24.0 Å². The summed E-state index contributed by atoms with van der Waals surface area (Å²) in [6.45, 7) is 5.28. The normalized spacial score (nSPS) is 19.3. The summed E-state index contributed by atoms with van der Waals surface area (Å²) in [7, 11) is 3.47. The zero-order valence-corrected chi connectivity index (χ0v) is 12.1. The fourth-order valence-corrected chi connectivity index (χ4v) is 2.76. The summed E-state index contributed by atoms with van der Waals surface area (Å²) < 4.78 is 10.5. The molecule has 0 aliphatic carbocycles. The Bertz CT molecular complexity index is 389. The lowest BCUT2D eigenvalue weighted by Crippen LogP contribution is -2.41. The molecule has 1 aliphatic rings. The largest absolute Gasteiger partial charge is 0.497 e. The maximum atomic E-state index is 5.27. The molecule has 19 heavy (non-hydrogen) atoms. The molecule has 4 heteroatoms. The van der Waals surface area contributed by atoms with Crippen molar-refractivity contribution in [3.8, 4) is 5.75 Å². The van der Waals surface area contributed by atoms with Gasteiger partial charge in [0.2, 0.25) is 0 Å². The van der Waals surface area contributed by atoms with Crippen molar-refractivity contribution in [3.63, 3.8) is 0 Å². The SMILES string of the molecule is COCC(C)N1CCC(c2cc(OC)ccn2)CC1. The van der Waals surface area contributed by atoms with Gasteiger partial charge in [-0.25, -0.2) is 0 Å². The Morgan fingerprint density at radius 3 is 2.74 bits per heavy atom. The number of rotatable bonds is 5. The second kappa shape index (κ2) is 6.87. The van der Waals surface area contributed by atoms with E-state index in [1.165, 1.54) is 5.69 Å². The molecule has 1 saturated heterocycles. The van der Waals surface area contributed by atoms with Crippen molar-refractivity contribution < 1.29 is 9.47 Å². The van der Waals surface area contributed by atoms with Gasteiger partial charge in [-0.3, -0.25) is 9.88 Å². The Morgan fingerprint density at radius 1 is 1.37 bits per heavy atom. The van der Waals surface area contributed by atoms with Crippen molar-refractivity contribution >= 4 is 0 Å². The molecule has 1 atom stereocenters. The summed E-state index contributed by atoms with van der Waals surface area (Å²) in [5.41, 5.74) is 1.17. The van der Waals surface area contributed by atoms with Gasteiger partial charge in [0, 0.05) is 37.0 Å². The number of methoxy groups -OCH3 is 2. The van der Waals surface area contributed by atoms with Crippen molar-refractivity contribution in [1.82, 2.24) is 9.88 Å². The Kier molecular flexibility index (Phi) is 5.16. The minimum atomic E-state index is 0.504. The van der Waals surface area contributed by atoms with Crippen LogP contribution in [0.15, 0.2) is 18.3 Å². The van der Waals surface area contributed by atoms with E-state index in [9.17, 15) is 0 Å². The average Bonchev–Trinajstić information content (AvgIpc) is 2.48. The second-order valence-electron chi connectivity index (χ2n) is 5.24. The molecule has 1 unspecified atom stereocenters. The highest BCUT2D eigenvalue weighted by atomic mass is 16.5. The molecule has 106 valence electrons. The van der Waals surface area contributed by atoms with Gasteiger partial charge in [-0.2, -0.15) is 0 Å². The van der Waals surface area contributed by atoms with E-state index in [4.69, 9.17) is 9.47 Å². The number of hydrogen-bond acceptors (Lipinski definition) is 4. The molecule has 1 aliphatic heterocycles. The first-order valence-corrected chi connectivity index (χ1v) is 6.97. The molecule has 1 aromatic rings. The molecule has 0 radical (unpaired) electrons. The van der Waals surface area contributed by atoms with Crippen molar-refractivity contribution in [2.45, 2.75) is 31.7 Å². The number of pyridine rings is 1. The maximum absolute atomic E-state index is 5.27. The predicted molar refractivity (Wildman–Crippen MR) is 75.7 cm³/mol. The molecular formula is C15H24N2O2.